The van der Waals surface area contributed by atoms with Crippen molar-refractivity contribution in [2.75, 3.05) is 19.7 Å². The van der Waals surface area contributed by atoms with Gasteiger partial charge in [0.25, 0.3) is 5.91 Å². The van der Waals surface area contributed by atoms with Crippen LogP contribution in [0.3, 0.4) is 0 Å². The number of hydrogen-bond acceptors (Lipinski definition) is 4. The van der Waals surface area contributed by atoms with E-state index < -0.39 is 0 Å². The summed E-state index contributed by atoms with van der Waals surface area (Å²) in [5, 5.41) is 0. The van der Waals surface area contributed by atoms with Crippen LogP contribution in [-0.4, -0.2) is 42.3 Å². The number of amides is 1. The molecule has 1 aliphatic heterocycles. The van der Waals surface area contributed by atoms with E-state index in [-0.39, 0.29) is 29.8 Å². The Kier molecular flexibility index (Phi) is 5.42. The molecule has 0 aliphatic carbocycles. The molecule has 23 heavy (non-hydrogen) atoms. The first-order valence-corrected chi connectivity index (χ1v) is 8.13. The molecule has 2 rings (SSSR count). The van der Waals surface area contributed by atoms with Gasteiger partial charge in [-0.3, -0.25) is 9.59 Å². The molecule has 0 bridgehead atoms. The van der Waals surface area contributed by atoms with Gasteiger partial charge < -0.3 is 15.4 Å². The fourth-order valence-corrected chi connectivity index (χ4v) is 2.76. The molecule has 1 saturated heterocycles. The molecular formula is C18H26N2O3. The summed E-state index contributed by atoms with van der Waals surface area (Å²) in [6, 6.07) is 7.04. The van der Waals surface area contributed by atoms with E-state index in [0.29, 0.717) is 30.8 Å². The molecule has 1 atom stereocenters. The molecule has 1 heterocycles. The third kappa shape index (κ3) is 4.32. The van der Waals surface area contributed by atoms with E-state index in [4.69, 9.17) is 10.5 Å². The van der Waals surface area contributed by atoms with Gasteiger partial charge in [-0.1, -0.05) is 20.8 Å². The number of Topliss-reactive ketones (excluding diaryl/α,β-unsaturated/α-hetero) is 1. The predicted molar refractivity (Wildman–Crippen MR) is 89.5 cm³/mol. The second-order valence-electron chi connectivity index (χ2n) is 6.79. The first kappa shape index (κ1) is 17.5. The number of nitrogens with zero attached hydrogens (tertiary/aromatic N) is 1. The zero-order chi connectivity index (χ0) is 17.0. The van der Waals surface area contributed by atoms with Gasteiger partial charge in [0.1, 0.15) is 5.75 Å². The lowest BCUT2D eigenvalue weighted by Gasteiger charge is -2.42. The van der Waals surface area contributed by atoms with Crippen molar-refractivity contribution in [2.45, 2.75) is 39.7 Å². The zero-order valence-electron chi connectivity index (χ0n) is 14.2. The summed E-state index contributed by atoms with van der Waals surface area (Å²) in [7, 11) is 0. The average molecular weight is 318 g/mol. The van der Waals surface area contributed by atoms with Crippen LogP contribution in [0.25, 0.3) is 0 Å². The molecule has 0 saturated carbocycles. The smallest absolute Gasteiger partial charge is 0.260 e. The minimum atomic E-state index is -0.0733. The average Bonchev–Trinajstić information content (AvgIpc) is 2.54. The molecule has 1 amide bonds. The molecule has 5 nitrogen and oxygen atoms in total. The van der Waals surface area contributed by atoms with Crippen molar-refractivity contribution >= 4 is 11.7 Å². The van der Waals surface area contributed by atoms with E-state index in [0.717, 1.165) is 6.42 Å². The molecule has 5 heteroatoms. The number of ketones is 1. The van der Waals surface area contributed by atoms with Crippen LogP contribution in [0.4, 0.5) is 0 Å². The van der Waals surface area contributed by atoms with E-state index in [1.54, 1.807) is 24.3 Å². The van der Waals surface area contributed by atoms with Crippen molar-refractivity contribution in [1.29, 1.82) is 0 Å². The van der Waals surface area contributed by atoms with Crippen LogP contribution in [0.1, 0.15) is 44.0 Å². The Morgan fingerprint density at radius 3 is 2.52 bits per heavy atom. The Balaban J connectivity index is 1.88. The zero-order valence-corrected chi connectivity index (χ0v) is 14.2. The Hall–Kier alpha value is -1.88. The number of hydrogen-bond donors (Lipinski definition) is 1. The molecule has 0 spiro atoms. The van der Waals surface area contributed by atoms with E-state index >= 15 is 0 Å². The van der Waals surface area contributed by atoms with Crippen molar-refractivity contribution in [2.24, 2.45) is 11.1 Å². The number of nitrogens with two attached hydrogens (primary N) is 1. The highest BCUT2D eigenvalue weighted by Crippen LogP contribution is 2.27. The first-order valence-electron chi connectivity index (χ1n) is 8.13. The maximum Gasteiger partial charge on any atom is 0.260 e. The van der Waals surface area contributed by atoms with Crippen molar-refractivity contribution in [3.8, 4) is 5.75 Å². The number of likely N-dealkylation sites (tertiary alicyclic amines) is 1. The third-order valence-electron chi connectivity index (χ3n) is 4.52. The molecule has 0 radical (unpaired) electrons. The summed E-state index contributed by atoms with van der Waals surface area (Å²) >= 11 is 0. The lowest BCUT2D eigenvalue weighted by molar-refractivity contribution is -0.136. The predicted octanol–water partition coefficient (Wildman–Crippen LogP) is 2.24. The normalized spacial score (nSPS) is 20.2. The lowest BCUT2D eigenvalue weighted by Crippen LogP contribution is -2.54. The van der Waals surface area contributed by atoms with E-state index in [2.05, 4.69) is 13.8 Å². The van der Waals surface area contributed by atoms with Crippen LogP contribution < -0.4 is 10.5 Å². The standard InChI is InChI=1S/C18H26N2O3/c1-4-15(21)13-5-7-14(8-6-13)23-11-17(22)20-10-9-16(19)18(2,3)12-20/h5-8,16H,4,9-12,19H2,1-3H3. The van der Waals surface area contributed by atoms with Gasteiger partial charge in [0, 0.05) is 31.1 Å². The highest BCUT2D eigenvalue weighted by atomic mass is 16.5. The van der Waals surface area contributed by atoms with Gasteiger partial charge in [0.15, 0.2) is 12.4 Å². The maximum atomic E-state index is 12.3. The minimum absolute atomic E-state index is 0.00634. The van der Waals surface area contributed by atoms with Gasteiger partial charge in [-0.25, -0.2) is 0 Å². The van der Waals surface area contributed by atoms with Gasteiger partial charge in [-0.15, -0.1) is 0 Å². The number of piperidine rings is 1. The number of benzene rings is 1. The third-order valence-corrected chi connectivity index (χ3v) is 4.52. The molecule has 1 aromatic carbocycles. The monoisotopic (exact) mass is 318 g/mol. The largest absolute Gasteiger partial charge is 0.484 e. The van der Waals surface area contributed by atoms with Crippen LogP contribution in [0, 0.1) is 5.41 Å². The molecule has 1 fully saturated rings. The maximum absolute atomic E-state index is 12.3. The Morgan fingerprint density at radius 1 is 1.30 bits per heavy atom. The highest BCUT2D eigenvalue weighted by Gasteiger charge is 2.35. The summed E-state index contributed by atoms with van der Waals surface area (Å²) in [6.45, 7) is 7.34. The molecule has 1 unspecified atom stereocenters. The van der Waals surface area contributed by atoms with Crippen molar-refractivity contribution in [3.63, 3.8) is 0 Å². The van der Waals surface area contributed by atoms with E-state index in [9.17, 15) is 9.59 Å². The van der Waals surface area contributed by atoms with Crippen LogP contribution in [0.15, 0.2) is 24.3 Å². The molecule has 1 aromatic rings. The fraction of sp³-hybridized carbons (Fsp3) is 0.556. The van der Waals surface area contributed by atoms with Gasteiger partial charge in [0.05, 0.1) is 0 Å². The molecular weight excluding hydrogens is 292 g/mol. The highest BCUT2D eigenvalue weighted by molar-refractivity contribution is 5.95. The molecule has 126 valence electrons. The molecule has 1 aliphatic rings. The summed E-state index contributed by atoms with van der Waals surface area (Å²) in [5.74, 6) is 0.664. The Labute approximate surface area is 137 Å². The number of carbonyl (C=O) groups excluding carboxylic acids is 2. The summed E-state index contributed by atoms with van der Waals surface area (Å²) < 4.78 is 5.55. The van der Waals surface area contributed by atoms with Gasteiger partial charge in [-0.2, -0.15) is 0 Å². The first-order chi connectivity index (χ1) is 10.8. The summed E-state index contributed by atoms with van der Waals surface area (Å²) in [6.07, 6.45) is 1.29. The molecule has 2 N–H and O–H groups in total. The molecule has 0 aromatic heterocycles. The van der Waals surface area contributed by atoms with Gasteiger partial charge in [0.2, 0.25) is 0 Å². The van der Waals surface area contributed by atoms with Gasteiger partial charge >= 0.3 is 0 Å². The SMILES string of the molecule is CCC(=O)c1ccc(OCC(=O)N2CCC(N)C(C)(C)C2)cc1. The van der Waals surface area contributed by atoms with Crippen molar-refractivity contribution < 1.29 is 14.3 Å². The second kappa shape index (κ2) is 7.13. The second-order valence-corrected chi connectivity index (χ2v) is 6.79. The van der Waals surface area contributed by atoms with Crippen LogP contribution in [0.5, 0.6) is 5.75 Å². The van der Waals surface area contributed by atoms with Crippen molar-refractivity contribution in [3.05, 3.63) is 29.8 Å². The minimum Gasteiger partial charge on any atom is -0.484 e. The topological polar surface area (TPSA) is 72.6 Å². The quantitative estimate of drug-likeness (QED) is 0.845. The van der Waals surface area contributed by atoms with Crippen molar-refractivity contribution in [1.82, 2.24) is 4.90 Å². The van der Waals surface area contributed by atoms with Gasteiger partial charge in [-0.05, 0) is 36.1 Å². The van der Waals surface area contributed by atoms with E-state index in [1.165, 1.54) is 0 Å². The number of carbonyl (C=O) groups is 2. The summed E-state index contributed by atoms with van der Waals surface area (Å²) in [5.41, 5.74) is 6.68. The van der Waals surface area contributed by atoms with Crippen LogP contribution in [0.2, 0.25) is 0 Å². The fourth-order valence-electron chi connectivity index (χ4n) is 2.76. The van der Waals surface area contributed by atoms with Crippen LogP contribution in [-0.2, 0) is 4.79 Å². The Bertz CT molecular complexity index is 566. The summed E-state index contributed by atoms with van der Waals surface area (Å²) in [4.78, 5) is 25.7. The lowest BCUT2D eigenvalue weighted by atomic mass is 9.80. The Morgan fingerprint density at radius 2 is 1.96 bits per heavy atom. The van der Waals surface area contributed by atoms with E-state index in [1.807, 2.05) is 11.8 Å². The number of rotatable bonds is 5. The number of ether oxygens (including phenoxy) is 1. The van der Waals surface area contributed by atoms with Crippen LogP contribution >= 0.6 is 0 Å².